The first-order valence-corrected chi connectivity index (χ1v) is 7.70. The summed E-state index contributed by atoms with van der Waals surface area (Å²) in [6.45, 7) is 0. The van der Waals surface area contributed by atoms with Crippen molar-refractivity contribution < 1.29 is 9.90 Å². The Morgan fingerprint density at radius 3 is 2.44 bits per heavy atom. The standard InChI is InChI=1S/C19H12ClN3O2/c20-16-8-6-13(7-9-16)18-15(10-14(11-21)19(24)25)12-23(22-18)17-4-2-1-3-5-17/h1-10,12H,(H,24,25)/p-1/b14-10+. The molecular formula is C19H11ClN3O2-. The van der Waals surface area contributed by atoms with E-state index in [1.54, 1.807) is 41.2 Å². The third kappa shape index (κ3) is 3.60. The number of halogens is 1. The van der Waals surface area contributed by atoms with E-state index in [1.807, 2.05) is 30.3 Å². The summed E-state index contributed by atoms with van der Waals surface area (Å²) in [6.07, 6.45) is 2.92. The van der Waals surface area contributed by atoms with Crippen LogP contribution in [0.4, 0.5) is 0 Å². The van der Waals surface area contributed by atoms with Gasteiger partial charge in [0.05, 0.1) is 22.9 Å². The molecular weight excluding hydrogens is 338 g/mol. The lowest BCUT2D eigenvalue weighted by atomic mass is 10.1. The average Bonchev–Trinajstić information content (AvgIpc) is 3.04. The van der Waals surface area contributed by atoms with Gasteiger partial charge in [-0.05, 0) is 30.3 Å². The summed E-state index contributed by atoms with van der Waals surface area (Å²) in [7, 11) is 0. The van der Waals surface area contributed by atoms with E-state index in [1.165, 1.54) is 6.08 Å². The fourth-order valence-electron chi connectivity index (χ4n) is 2.33. The smallest absolute Gasteiger partial charge is 0.101 e. The lowest BCUT2D eigenvalue weighted by molar-refractivity contribution is -0.298. The number of hydrogen-bond acceptors (Lipinski definition) is 4. The summed E-state index contributed by atoms with van der Waals surface area (Å²) < 4.78 is 1.63. The Kier molecular flexibility index (Phi) is 4.64. The van der Waals surface area contributed by atoms with Crippen LogP contribution in [0.3, 0.4) is 0 Å². The molecule has 2 aromatic carbocycles. The van der Waals surface area contributed by atoms with Crippen LogP contribution in [-0.2, 0) is 4.79 Å². The number of rotatable bonds is 4. The van der Waals surface area contributed by atoms with Crippen LogP contribution in [0.2, 0.25) is 5.02 Å². The molecule has 0 N–H and O–H groups in total. The number of carbonyl (C=O) groups excluding carboxylic acids is 1. The second-order valence-electron chi connectivity index (χ2n) is 5.18. The Morgan fingerprint density at radius 2 is 1.84 bits per heavy atom. The van der Waals surface area contributed by atoms with Crippen molar-refractivity contribution in [2.24, 2.45) is 0 Å². The third-order valence-corrected chi connectivity index (χ3v) is 3.77. The first-order valence-electron chi connectivity index (χ1n) is 7.32. The molecule has 0 saturated carbocycles. The van der Waals surface area contributed by atoms with E-state index in [-0.39, 0.29) is 0 Å². The Hall–Kier alpha value is -3.36. The molecule has 0 unspecified atom stereocenters. The molecule has 0 atom stereocenters. The van der Waals surface area contributed by atoms with E-state index in [9.17, 15) is 9.90 Å². The number of carbonyl (C=O) groups is 1. The minimum Gasteiger partial charge on any atom is -0.544 e. The molecule has 0 fully saturated rings. The summed E-state index contributed by atoms with van der Waals surface area (Å²) in [5.41, 5.74) is 2.12. The molecule has 3 rings (SSSR count). The average molecular weight is 349 g/mol. The number of hydrogen-bond donors (Lipinski definition) is 0. The van der Waals surface area contributed by atoms with Gasteiger partial charge in [0.15, 0.2) is 0 Å². The van der Waals surface area contributed by atoms with Crippen LogP contribution in [0.15, 0.2) is 66.4 Å². The third-order valence-electron chi connectivity index (χ3n) is 3.52. The minimum atomic E-state index is -1.53. The van der Waals surface area contributed by atoms with Crippen molar-refractivity contribution in [3.05, 3.63) is 77.0 Å². The zero-order valence-electron chi connectivity index (χ0n) is 12.9. The Morgan fingerprint density at radius 1 is 1.16 bits per heavy atom. The van der Waals surface area contributed by atoms with Gasteiger partial charge in [-0.3, -0.25) is 0 Å². The van der Waals surface area contributed by atoms with Gasteiger partial charge in [-0.15, -0.1) is 0 Å². The largest absolute Gasteiger partial charge is 0.544 e. The maximum atomic E-state index is 11.1. The molecule has 5 nitrogen and oxygen atoms in total. The number of carboxylic acid groups (broad SMARTS) is 1. The highest BCUT2D eigenvalue weighted by atomic mass is 35.5. The van der Waals surface area contributed by atoms with Gasteiger partial charge in [-0.2, -0.15) is 10.4 Å². The van der Waals surface area contributed by atoms with Crippen molar-refractivity contribution >= 4 is 23.6 Å². The Balaban J connectivity index is 2.18. The van der Waals surface area contributed by atoms with Gasteiger partial charge in [0.2, 0.25) is 0 Å². The molecule has 6 heteroatoms. The molecule has 0 saturated heterocycles. The molecule has 1 aromatic heterocycles. The monoisotopic (exact) mass is 348 g/mol. The van der Waals surface area contributed by atoms with Crippen LogP contribution >= 0.6 is 11.6 Å². The highest BCUT2D eigenvalue weighted by molar-refractivity contribution is 6.30. The minimum absolute atomic E-state index is 0.470. The predicted molar refractivity (Wildman–Crippen MR) is 92.6 cm³/mol. The number of benzene rings is 2. The zero-order valence-corrected chi connectivity index (χ0v) is 13.6. The van der Waals surface area contributed by atoms with Crippen LogP contribution in [0.1, 0.15) is 5.56 Å². The lowest BCUT2D eigenvalue weighted by Crippen LogP contribution is -2.23. The second-order valence-corrected chi connectivity index (χ2v) is 5.61. The number of nitrogens with zero attached hydrogens (tertiary/aromatic N) is 3. The summed E-state index contributed by atoms with van der Waals surface area (Å²) in [6, 6.07) is 18.0. The van der Waals surface area contributed by atoms with Gasteiger partial charge in [0.1, 0.15) is 6.07 Å². The zero-order chi connectivity index (χ0) is 17.8. The SMILES string of the molecule is N#C/C(=C\c1cn(-c2ccccc2)nc1-c1ccc(Cl)cc1)C(=O)[O-]. The highest BCUT2D eigenvalue weighted by Gasteiger charge is 2.12. The van der Waals surface area contributed by atoms with Crippen LogP contribution in [0.25, 0.3) is 23.0 Å². The predicted octanol–water partition coefficient (Wildman–Crippen LogP) is 2.85. The molecule has 0 spiro atoms. The molecule has 0 radical (unpaired) electrons. The Labute approximate surface area is 149 Å². The van der Waals surface area contributed by atoms with Crippen molar-refractivity contribution in [3.8, 4) is 23.0 Å². The van der Waals surface area contributed by atoms with Crippen LogP contribution in [0, 0.1) is 11.3 Å². The normalized spacial score (nSPS) is 11.1. The summed E-state index contributed by atoms with van der Waals surface area (Å²) >= 11 is 5.92. The fraction of sp³-hybridized carbons (Fsp3) is 0. The molecule has 25 heavy (non-hydrogen) atoms. The number of aromatic nitrogens is 2. The maximum absolute atomic E-state index is 11.1. The van der Waals surface area contributed by atoms with Crippen molar-refractivity contribution in [3.63, 3.8) is 0 Å². The van der Waals surface area contributed by atoms with E-state index < -0.39 is 11.5 Å². The van der Waals surface area contributed by atoms with Crippen molar-refractivity contribution in [1.29, 1.82) is 5.26 Å². The van der Waals surface area contributed by atoms with E-state index in [0.717, 1.165) is 11.3 Å². The topological polar surface area (TPSA) is 81.7 Å². The van der Waals surface area contributed by atoms with Gasteiger partial charge in [0, 0.05) is 22.3 Å². The van der Waals surface area contributed by atoms with Gasteiger partial charge < -0.3 is 9.90 Å². The molecule has 0 bridgehead atoms. The number of aliphatic carboxylic acids is 1. The molecule has 1 heterocycles. The molecule has 0 aliphatic rings. The van der Waals surface area contributed by atoms with E-state index in [0.29, 0.717) is 16.3 Å². The van der Waals surface area contributed by atoms with Gasteiger partial charge in [0.25, 0.3) is 0 Å². The fourth-order valence-corrected chi connectivity index (χ4v) is 2.46. The number of carboxylic acids is 1. The van der Waals surface area contributed by atoms with E-state index in [4.69, 9.17) is 16.9 Å². The van der Waals surface area contributed by atoms with Crippen LogP contribution < -0.4 is 5.11 Å². The van der Waals surface area contributed by atoms with E-state index in [2.05, 4.69) is 5.10 Å². The van der Waals surface area contributed by atoms with Crippen molar-refractivity contribution in [1.82, 2.24) is 9.78 Å². The van der Waals surface area contributed by atoms with Gasteiger partial charge >= 0.3 is 0 Å². The summed E-state index contributed by atoms with van der Waals surface area (Å²) in [5.74, 6) is -1.53. The first kappa shape index (κ1) is 16.5. The number of nitriles is 1. The van der Waals surface area contributed by atoms with Crippen LogP contribution in [-0.4, -0.2) is 15.7 Å². The van der Waals surface area contributed by atoms with Crippen LogP contribution in [0.5, 0.6) is 0 Å². The van der Waals surface area contributed by atoms with Gasteiger partial charge in [-0.1, -0.05) is 41.9 Å². The first-order chi connectivity index (χ1) is 12.1. The van der Waals surface area contributed by atoms with Crippen molar-refractivity contribution in [2.45, 2.75) is 0 Å². The number of para-hydroxylation sites is 1. The maximum Gasteiger partial charge on any atom is 0.101 e. The lowest BCUT2D eigenvalue weighted by Gasteiger charge is -2.01. The molecule has 0 aliphatic heterocycles. The highest BCUT2D eigenvalue weighted by Crippen LogP contribution is 2.26. The molecule has 0 amide bonds. The molecule has 122 valence electrons. The summed E-state index contributed by atoms with van der Waals surface area (Å²) in [5, 5.41) is 25.2. The van der Waals surface area contributed by atoms with E-state index >= 15 is 0 Å². The second kappa shape index (κ2) is 7.04. The Bertz CT molecular complexity index is 984. The van der Waals surface area contributed by atoms with Crippen molar-refractivity contribution in [2.75, 3.05) is 0 Å². The molecule has 0 aliphatic carbocycles. The molecule has 3 aromatic rings. The van der Waals surface area contributed by atoms with Gasteiger partial charge in [-0.25, -0.2) is 4.68 Å². The quantitative estimate of drug-likeness (QED) is 0.536. The summed E-state index contributed by atoms with van der Waals surface area (Å²) in [4.78, 5) is 11.1.